The van der Waals surface area contributed by atoms with Crippen LogP contribution < -0.4 is 10.5 Å². The molecule has 1 aromatic heterocycles. The van der Waals surface area contributed by atoms with Gasteiger partial charge in [-0.3, -0.25) is 0 Å². The van der Waals surface area contributed by atoms with E-state index in [1.807, 2.05) is 19.9 Å². The lowest BCUT2D eigenvalue weighted by Crippen LogP contribution is -2.14. The van der Waals surface area contributed by atoms with Crippen molar-refractivity contribution in [3.05, 3.63) is 39.3 Å². The highest BCUT2D eigenvalue weighted by Crippen LogP contribution is 2.24. The van der Waals surface area contributed by atoms with Crippen LogP contribution in [-0.2, 0) is 16.6 Å². The molecule has 0 fully saturated rings. The third-order valence-electron chi connectivity index (χ3n) is 3.03. The maximum atomic E-state index is 11.5. The molecule has 0 aliphatic carbocycles. The second kappa shape index (κ2) is 5.51. The van der Waals surface area contributed by atoms with Crippen LogP contribution in [-0.4, -0.2) is 13.4 Å². The van der Waals surface area contributed by atoms with E-state index in [0.29, 0.717) is 12.1 Å². The van der Waals surface area contributed by atoms with Gasteiger partial charge < -0.3 is 5.32 Å². The first-order chi connectivity index (χ1) is 9.29. The molecule has 0 aliphatic rings. The maximum Gasteiger partial charge on any atom is 0.238 e. The highest BCUT2D eigenvalue weighted by molar-refractivity contribution is 7.89. The number of nitrogens with zero attached hydrogens (tertiary/aromatic N) is 1. The second-order valence-corrected chi connectivity index (χ2v) is 7.39. The summed E-state index contributed by atoms with van der Waals surface area (Å²) in [5, 5.41) is 9.47. The van der Waals surface area contributed by atoms with E-state index in [1.54, 1.807) is 24.3 Å². The minimum atomic E-state index is -3.69. The lowest BCUT2D eigenvalue weighted by atomic mass is 10.2. The summed E-state index contributed by atoms with van der Waals surface area (Å²) in [4.78, 5) is 5.66. The van der Waals surface area contributed by atoms with Crippen LogP contribution in [0, 0.1) is 20.8 Å². The van der Waals surface area contributed by atoms with Crippen molar-refractivity contribution in [3.8, 4) is 0 Å². The summed E-state index contributed by atoms with van der Waals surface area (Å²) >= 11 is 1.63. The van der Waals surface area contributed by atoms with Gasteiger partial charge in [-0.05, 0) is 38.5 Å². The molecule has 0 aliphatic heterocycles. The molecule has 7 heteroatoms. The Hall–Kier alpha value is -1.44. The molecule has 3 N–H and O–H groups in total. The number of thiazole rings is 1. The Labute approximate surface area is 122 Å². The van der Waals surface area contributed by atoms with Gasteiger partial charge in [-0.25, -0.2) is 18.5 Å². The molecule has 1 aromatic carbocycles. The predicted molar refractivity (Wildman–Crippen MR) is 81.5 cm³/mol. The number of aromatic nitrogens is 1. The third kappa shape index (κ3) is 3.17. The Kier molecular flexibility index (Phi) is 4.12. The van der Waals surface area contributed by atoms with Crippen LogP contribution in [0.1, 0.15) is 21.1 Å². The van der Waals surface area contributed by atoms with Gasteiger partial charge in [0.1, 0.15) is 0 Å². The van der Waals surface area contributed by atoms with Crippen LogP contribution in [0.25, 0.3) is 0 Å². The zero-order chi connectivity index (χ0) is 14.9. The van der Waals surface area contributed by atoms with Gasteiger partial charge in [0, 0.05) is 10.6 Å². The van der Waals surface area contributed by atoms with Crippen molar-refractivity contribution in [1.82, 2.24) is 4.98 Å². The molecule has 2 aromatic rings. The van der Waals surface area contributed by atoms with Gasteiger partial charge in [0.05, 0.1) is 22.1 Å². The number of benzene rings is 1. The van der Waals surface area contributed by atoms with Crippen molar-refractivity contribution in [3.63, 3.8) is 0 Å². The smallest absolute Gasteiger partial charge is 0.238 e. The van der Waals surface area contributed by atoms with E-state index in [1.165, 1.54) is 6.07 Å². The summed E-state index contributed by atoms with van der Waals surface area (Å²) in [6, 6.07) is 5.03. The van der Waals surface area contributed by atoms with E-state index >= 15 is 0 Å². The molecule has 108 valence electrons. The molecule has 20 heavy (non-hydrogen) atoms. The highest BCUT2D eigenvalue weighted by atomic mass is 32.2. The normalized spacial score (nSPS) is 11.6. The van der Waals surface area contributed by atoms with E-state index in [-0.39, 0.29) is 4.90 Å². The van der Waals surface area contributed by atoms with Crippen molar-refractivity contribution in [1.29, 1.82) is 0 Å². The summed E-state index contributed by atoms with van der Waals surface area (Å²) in [7, 11) is -3.69. The number of sulfonamides is 1. The Morgan fingerprint density at radius 2 is 2.00 bits per heavy atom. The molecule has 0 atom stereocenters. The Balaban J connectivity index is 2.25. The Morgan fingerprint density at radius 1 is 1.30 bits per heavy atom. The molecule has 1 heterocycles. The number of hydrogen-bond donors (Lipinski definition) is 2. The van der Waals surface area contributed by atoms with Crippen molar-refractivity contribution >= 4 is 27.0 Å². The Morgan fingerprint density at radius 3 is 2.55 bits per heavy atom. The molecule has 0 radical (unpaired) electrons. The van der Waals surface area contributed by atoms with E-state index in [4.69, 9.17) is 5.14 Å². The van der Waals surface area contributed by atoms with Crippen LogP contribution in [0.15, 0.2) is 23.1 Å². The van der Waals surface area contributed by atoms with E-state index in [0.717, 1.165) is 21.3 Å². The van der Waals surface area contributed by atoms with Gasteiger partial charge in [0.15, 0.2) is 0 Å². The average molecular weight is 311 g/mol. The van der Waals surface area contributed by atoms with E-state index in [2.05, 4.69) is 10.3 Å². The molecule has 2 rings (SSSR count). The fourth-order valence-corrected chi connectivity index (χ4v) is 3.71. The number of aryl methyl sites for hydroxylation is 2. The SMILES string of the molecule is Cc1nc(C)c(CNc2cccc(S(N)(=O)=O)c2C)s1. The minimum Gasteiger partial charge on any atom is -0.380 e. The molecule has 0 unspecified atom stereocenters. The summed E-state index contributed by atoms with van der Waals surface area (Å²) in [6.07, 6.45) is 0. The lowest BCUT2D eigenvalue weighted by Gasteiger charge is -2.11. The maximum absolute atomic E-state index is 11.5. The zero-order valence-electron chi connectivity index (χ0n) is 11.6. The van der Waals surface area contributed by atoms with Crippen LogP contribution >= 0.6 is 11.3 Å². The summed E-state index contributed by atoms with van der Waals surface area (Å²) in [6.45, 7) is 6.29. The molecule has 0 bridgehead atoms. The van der Waals surface area contributed by atoms with Crippen molar-refractivity contribution in [2.45, 2.75) is 32.2 Å². The summed E-state index contributed by atoms with van der Waals surface area (Å²) < 4.78 is 23.0. The van der Waals surface area contributed by atoms with Gasteiger partial charge in [0.25, 0.3) is 0 Å². The van der Waals surface area contributed by atoms with Crippen LogP contribution in [0.4, 0.5) is 5.69 Å². The standard InChI is InChI=1S/C13H17N3O2S2/c1-8-11(5-4-6-13(8)20(14,17)18)15-7-12-9(2)16-10(3)19-12/h4-6,15H,7H2,1-3H3,(H2,14,17,18). The molecule has 0 amide bonds. The van der Waals surface area contributed by atoms with Gasteiger partial charge >= 0.3 is 0 Å². The van der Waals surface area contributed by atoms with Gasteiger partial charge in [-0.1, -0.05) is 6.07 Å². The van der Waals surface area contributed by atoms with Crippen LogP contribution in [0.2, 0.25) is 0 Å². The third-order valence-corrected chi connectivity index (χ3v) is 5.16. The second-order valence-electron chi connectivity index (χ2n) is 4.57. The quantitative estimate of drug-likeness (QED) is 0.907. The fraction of sp³-hybridized carbons (Fsp3) is 0.308. The first-order valence-electron chi connectivity index (χ1n) is 6.08. The van der Waals surface area contributed by atoms with Crippen LogP contribution in [0.5, 0.6) is 0 Å². The Bertz CT molecular complexity index is 736. The number of anilines is 1. The van der Waals surface area contributed by atoms with E-state index < -0.39 is 10.0 Å². The number of nitrogens with two attached hydrogens (primary N) is 1. The predicted octanol–water partition coefficient (Wildman–Crippen LogP) is 2.33. The number of nitrogens with one attached hydrogen (secondary N) is 1. The van der Waals surface area contributed by atoms with Crippen LogP contribution in [0.3, 0.4) is 0 Å². The summed E-state index contributed by atoms with van der Waals surface area (Å²) in [5.74, 6) is 0. The monoisotopic (exact) mass is 311 g/mol. The van der Waals surface area contributed by atoms with Gasteiger partial charge in [-0.15, -0.1) is 11.3 Å². The average Bonchev–Trinajstić information content (AvgIpc) is 2.65. The van der Waals surface area contributed by atoms with Crippen molar-refractivity contribution < 1.29 is 8.42 Å². The molecule has 0 saturated heterocycles. The fourth-order valence-electron chi connectivity index (χ4n) is 2.03. The number of rotatable bonds is 4. The van der Waals surface area contributed by atoms with Crippen molar-refractivity contribution in [2.75, 3.05) is 5.32 Å². The molecular weight excluding hydrogens is 294 g/mol. The van der Waals surface area contributed by atoms with E-state index in [9.17, 15) is 8.42 Å². The lowest BCUT2D eigenvalue weighted by molar-refractivity contribution is 0.597. The largest absolute Gasteiger partial charge is 0.380 e. The molecule has 0 saturated carbocycles. The minimum absolute atomic E-state index is 0.153. The van der Waals surface area contributed by atoms with Gasteiger partial charge in [-0.2, -0.15) is 0 Å². The summed E-state index contributed by atoms with van der Waals surface area (Å²) in [5.41, 5.74) is 2.40. The zero-order valence-corrected chi connectivity index (χ0v) is 13.2. The topological polar surface area (TPSA) is 85.1 Å². The molecular formula is C13H17N3O2S2. The first kappa shape index (κ1) is 15.0. The molecule has 5 nitrogen and oxygen atoms in total. The van der Waals surface area contributed by atoms with Crippen molar-refractivity contribution in [2.24, 2.45) is 5.14 Å². The molecule has 0 spiro atoms. The first-order valence-corrected chi connectivity index (χ1v) is 8.44. The highest BCUT2D eigenvalue weighted by Gasteiger charge is 2.14. The number of primary sulfonamides is 1. The number of hydrogen-bond acceptors (Lipinski definition) is 5. The van der Waals surface area contributed by atoms with Gasteiger partial charge in [0.2, 0.25) is 10.0 Å².